The molecule has 0 heterocycles. The van der Waals surface area contributed by atoms with E-state index in [9.17, 15) is 26.3 Å². The highest BCUT2D eigenvalue weighted by atomic mass is 35.5. The van der Waals surface area contributed by atoms with Gasteiger partial charge in [0, 0.05) is 0 Å². The van der Waals surface area contributed by atoms with Gasteiger partial charge in [-0.2, -0.15) is 26.3 Å². The quantitative estimate of drug-likeness (QED) is 0.598. The standard InChI is InChI=1S/C3H3F6N.ClH/c4-2(5,6)1(10)3(7,8)9;/h1H,10H2;1H. The minimum atomic E-state index is -5.40. The molecule has 11 heavy (non-hydrogen) atoms. The molecule has 0 atom stereocenters. The minimum absolute atomic E-state index is 0. The molecule has 8 heteroatoms. The summed E-state index contributed by atoms with van der Waals surface area (Å²) in [4.78, 5) is 0. The molecule has 0 bridgehead atoms. The van der Waals surface area contributed by atoms with E-state index in [1.165, 1.54) is 0 Å². The largest absolute Gasteiger partial charge is 0.412 e. The maximum Gasteiger partial charge on any atom is 0.412 e. The summed E-state index contributed by atoms with van der Waals surface area (Å²) in [6, 6.07) is -3.74. The van der Waals surface area contributed by atoms with Crippen molar-refractivity contribution in [3.05, 3.63) is 0 Å². The van der Waals surface area contributed by atoms with Gasteiger partial charge in [-0.3, -0.25) is 0 Å². The molecule has 1 nitrogen and oxygen atoms in total. The van der Waals surface area contributed by atoms with Crippen molar-refractivity contribution in [2.45, 2.75) is 18.4 Å². The number of halogens is 7. The van der Waals surface area contributed by atoms with Crippen molar-refractivity contribution in [1.82, 2.24) is 0 Å². The van der Waals surface area contributed by atoms with Gasteiger partial charge in [-0.1, -0.05) is 0 Å². The Balaban J connectivity index is 0. The second kappa shape index (κ2) is 3.48. The Morgan fingerprint density at radius 2 is 1.00 bits per heavy atom. The van der Waals surface area contributed by atoms with Crippen LogP contribution in [-0.4, -0.2) is 18.4 Å². The van der Waals surface area contributed by atoms with E-state index in [2.05, 4.69) is 5.73 Å². The highest BCUT2D eigenvalue weighted by Crippen LogP contribution is 2.30. The molecule has 0 fully saturated rings. The van der Waals surface area contributed by atoms with E-state index < -0.39 is 18.4 Å². The predicted octanol–water partition coefficient (Wildman–Crippen LogP) is 1.86. The van der Waals surface area contributed by atoms with Gasteiger partial charge in [-0.25, -0.2) is 0 Å². The van der Waals surface area contributed by atoms with E-state index in [0.717, 1.165) is 0 Å². The van der Waals surface area contributed by atoms with Gasteiger partial charge < -0.3 is 5.73 Å². The SMILES string of the molecule is Cl.NC(C(F)(F)F)C(F)(F)F. The highest BCUT2D eigenvalue weighted by molar-refractivity contribution is 5.85. The van der Waals surface area contributed by atoms with Crippen LogP contribution < -0.4 is 5.73 Å². The Morgan fingerprint density at radius 3 is 1.00 bits per heavy atom. The van der Waals surface area contributed by atoms with Gasteiger partial charge in [0.25, 0.3) is 0 Å². The summed E-state index contributed by atoms with van der Waals surface area (Å²) < 4.78 is 66.6. The van der Waals surface area contributed by atoms with Gasteiger partial charge in [0.15, 0.2) is 6.04 Å². The Kier molecular flexibility index (Phi) is 4.25. The predicted molar refractivity (Wildman–Crippen MR) is 27.3 cm³/mol. The molecule has 0 aromatic carbocycles. The zero-order chi connectivity index (χ0) is 8.58. The molecular formula is C3H4ClF6N. The van der Waals surface area contributed by atoms with Crippen molar-refractivity contribution in [3.63, 3.8) is 0 Å². The van der Waals surface area contributed by atoms with Gasteiger partial charge in [-0.15, -0.1) is 12.4 Å². The Bertz CT molecular complexity index is 102. The second-order valence-electron chi connectivity index (χ2n) is 1.56. The third-order valence-corrected chi connectivity index (χ3v) is 0.705. The van der Waals surface area contributed by atoms with Crippen molar-refractivity contribution in [2.24, 2.45) is 5.73 Å². The Morgan fingerprint density at radius 1 is 0.818 bits per heavy atom. The first-order valence-corrected chi connectivity index (χ1v) is 2.04. The summed E-state index contributed by atoms with van der Waals surface area (Å²) in [7, 11) is 0. The van der Waals surface area contributed by atoms with Crippen LogP contribution in [0.25, 0.3) is 0 Å². The molecule has 0 saturated heterocycles. The maximum atomic E-state index is 11.1. The average Bonchev–Trinajstić information content (AvgIpc) is 1.59. The smallest absolute Gasteiger partial charge is 0.313 e. The molecule has 70 valence electrons. The maximum absolute atomic E-state index is 11.1. The molecule has 2 N–H and O–H groups in total. The van der Waals surface area contributed by atoms with E-state index in [4.69, 9.17) is 0 Å². The summed E-state index contributed by atoms with van der Waals surface area (Å²) in [6.45, 7) is 0. The van der Waals surface area contributed by atoms with Crippen molar-refractivity contribution >= 4 is 12.4 Å². The molecule has 0 amide bonds. The van der Waals surface area contributed by atoms with Crippen LogP contribution in [0.3, 0.4) is 0 Å². The molecule has 0 radical (unpaired) electrons. The molecule has 0 aliphatic rings. The fourth-order valence-corrected chi connectivity index (χ4v) is 0.186. The van der Waals surface area contributed by atoms with Gasteiger partial charge in [-0.05, 0) is 0 Å². The summed E-state index contributed by atoms with van der Waals surface area (Å²) >= 11 is 0. The lowest BCUT2D eigenvalue weighted by molar-refractivity contribution is -0.248. The third kappa shape index (κ3) is 4.31. The highest BCUT2D eigenvalue weighted by Gasteiger charge is 2.54. The van der Waals surface area contributed by atoms with Gasteiger partial charge in [0.1, 0.15) is 0 Å². The first kappa shape index (κ1) is 13.4. The molecule has 0 unspecified atom stereocenters. The first-order chi connectivity index (χ1) is 4.15. The normalized spacial score (nSPS) is 13.1. The van der Waals surface area contributed by atoms with Crippen LogP contribution >= 0.6 is 12.4 Å². The number of hydrogen-bond donors (Lipinski definition) is 1. The number of rotatable bonds is 0. The fourth-order valence-electron chi connectivity index (χ4n) is 0.186. The Labute approximate surface area is 64.0 Å². The van der Waals surface area contributed by atoms with Crippen molar-refractivity contribution in [1.29, 1.82) is 0 Å². The number of nitrogens with two attached hydrogens (primary N) is 1. The summed E-state index contributed by atoms with van der Waals surface area (Å²) in [5.41, 5.74) is 3.78. The lowest BCUT2D eigenvalue weighted by Crippen LogP contribution is -2.49. The van der Waals surface area contributed by atoms with Gasteiger partial charge in [0.2, 0.25) is 0 Å². The van der Waals surface area contributed by atoms with E-state index in [0.29, 0.717) is 0 Å². The molecular weight excluding hydrogens is 199 g/mol. The zero-order valence-electron chi connectivity index (χ0n) is 4.83. The van der Waals surface area contributed by atoms with E-state index in [-0.39, 0.29) is 12.4 Å². The lowest BCUT2D eigenvalue weighted by Gasteiger charge is -2.17. The summed E-state index contributed by atoms with van der Waals surface area (Å²) in [5, 5.41) is 0. The molecule has 0 aromatic heterocycles. The Hall–Kier alpha value is -0.170. The molecule has 0 saturated carbocycles. The number of hydrogen-bond acceptors (Lipinski definition) is 1. The van der Waals surface area contributed by atoms with E-state index in [1.54, 1.807) is 0 Å². The molecule has 0 aliphatic carbocycles. The molecule has 0 spiro atoms. The summed E-state index contributed by atoms with van der Waals surface area (Å²) in [5.74, 6) is 0. The van der Waals surface area contributed by atoms with Crippen LogP contribution in [0.4, 0.5) is 26.3 Å². The monoisotopic (exact) mass is 203 g/mol. The van der Waals surface area contributed by atoms with Gasteiger partial charge in [0.05, 0.1) is 0 Å². The molecule has 0 rings (SSSR count). The number of alkyl halides is 6. The second-order valence-corrected chi connectivity index (χ2v) is 1.56. The molecule has 0 aliphatic heterocycles. The molecule has 0 aromatic rings. The fraction of sp³-hybridized carbons (Fsp3) is 1.00. The van der Waals surface area contributed by atoms with Crippen LogP contribution in [-0.2, 0) is 0 Å². The summed E-state index contributed by atoms with van der Waals surface area (Å²) in [6.07, 6.45) is -10.8. The van der Waals surface area contributed by atoms with E-state index >= 15 is 0 Å². The van der Waals surface area contributed by atoms with Crippen LogP contribution in [0.15, 0.2) is 0 Å². The van der Waals surface area contributed by atoms with E-state index in [1.807, 2.05) is 0 Å². The minimum Gasteiger partial charge on any atom is -0.313 e. The van der Waals surface area contributed by atoms with Crippen molar-refractivity contribution in [3.8, 4) is 0 Å². The van der Waals surface area contributed by atoms with Crippen LogP contribution in [0, 0.1) is 0 Å². The lowest BCUT2D eigenvalue weighted by atomic mass is 10.3. The first-order valence-electron chi connectivity index (χ1n) is 2.04. The topological polar surface area (TPSA) is 26.0 Å². The van der Waals surface area contributed by atoms with Crippen LogP contribution in [0.1, 0.15) is 0 Å². The van der Waals surface area contributed by atoms with Crippen LogP contribution in [0.2, 0.25) is 0 Å². The van der Waals surface area contributed by atoms with Crippen molar-refractivity contribution < 1.29 is 26.3 Å². The zero-order valence-corrected chi connectivity index (χ0v) is 5.65. The van der Waals surface area contributed by atoms with Crippen LogP contribution in [0.5, 0.6) is 0 Å². The third-order valence-electron chi connectivity index (χ3n) is 0.705. The average molecular weight is 204 g/mol. The van der Waals surface area contributed by atoms with Gasteiger partial charge >= 0.3 is 12.4 Å². The van der Waals surface area contributed by atoms with Crippen molar-refractivity contribution in [2.75, 3.05) is 0 Å².